The minimum atomic E-state index is -0.101. The van der Waals surface area contributed by atoms with Crippen molar-refractivity contribution in [3.8, 4) is 0 Å². The second-order valence-corrected chi connectivity index (χ2v) is 4.67. The van der Waals surface area contributed by atoms with Crippen LogP contribution in [0.1, 0.15) is 40.0 Å². The van der Waals surface area contributed by atoms with E-state index in [2.05, 4.69) is 0 Å². The number of esters is 1. The Bertz CT molecular complexity index is 158. The summed E-state index contributed by atoms with van der Waals surface area (Å²) in [6.07, 6.45) is 2.26. The molecule has 0 saturated heterocycles. The van der Waals surface area contributed by atoms with Gasteiger partial charge in [-0.25, -0.2) is 0 Å². The Morgan fingerprint density at radius 3 is 2.36 bits per heavy atom. The van der Waals surface area contributed by atoms with Gasteiger partial charge in [-0.3, -0.25) is 4.79 Å². The molecule has 0 aromatic carbocycles. The molecule has 0 amide bonds. The van der Waals surface area contributed by atoms with Gasteiger partial charge in [-0.15, -0.1) is 0 Å². The summed E-state index contributed by atoms with van der Waals surface area (Å²) >= 11 is 0. The minimum absolute atomic E-state index is 0.0577. The maximum absolute atomic E-state index is 11.2. The van der Waals surface area contributed by atoms with Crippen molar-refractivity contribution < 1.29 is 14.3 Å². The number of unbranched alkanes of at least 4 members (excludes halogenated alkanes) is 1. The van der Waals surface area contributed by atoms with E-state index in [9.17, 15) is 4.79 Å². The highest BCUT2D eigenvalue weighted by Gasteiger charge is 2.13. The number of rotatable bonds is 6. The molecule has 0 aromatic heterocycles. The Kier molecular flexibility index (Phi) is 6.54. The second kappa shape index (κ2) is 6.82. The van der Waals surface area contributed by atoms with Gasteiger partial charge < -0.3 is 9.47 Å². The summed E-state index contributed by atoms with van der Waals surface area (Å²) in [7, 11) is 1.66. The van der Waals surface area contributed by atoms with Crippen molar-refractivity contribution in [2.75, 3.05) is 20.3 Å². The number of methoxy groups -OCH3 is 1. The molecule has 3 heteroatoms. The van der Waals surface area contributed by atoms with Crippen molar-refractivity contribution in [1.82, 2.24) is 0 Å². The number of hydrogen-bond acceptors (Lipinski definition) is 3. The van der Waals surface area contributed by atoms with E-state index in [0.717, 1.165) is 12.8 Å². The highest BCUT2D eigenvalue weighted by molar-refractivity contribution is 5.69. The molecule has 0 rings (SSSR count). The molecule has 0 bridgehead atoms. The van der Waals surface area contributed by atoms with Gasteiger partial charge in [0.15, 0.2) is 0 Å². The van der Waals surface area contributed by atoms with Crippen molar-refractivity contribution in [3.05, 3.63) is 0 Å². The smallest absolute Gasteiger partial charge is 0.305 e. The zero-order valence-electron chi connectivity index (χ0n) is 9.76. The fourth-order valence-electron chi connectivity index (χ4n) is 0.885. The van der Waals surface area contributed by atoms with Gasteiger partial charge in [0.2, 0.25) is 0 Å². The first kappa shape index (κ1) is 13.4. The third kappa shape index (κ3) is 9.52. The predicted molar refractivity (Wildman–Crippen MR) is 56.1 cm³/mol. The lowest BCUT2D eigenvalue weighted by atomic mass is 9.99. The van der Waals surface area contributed by atoms with Crippen LogP contribution in [0.4, 0.5) is 0 Å². The maximum Gasteiger partial charge on any atom is 0.305 e. The molecule has 0 unspecified atom stereocenters. The Hall–Kier alpha value is -0.570. The summed E-state index contributed by atoms with van der Waals surface area (Å²) < 4.78 is 9.99. The van der Waals surface area contributed by atoms with E-state index >= 15 is 0 Å². The quantitative estimate of drug-likeness (QED) is 0.490. The summed E-state index contributed by atoms with van der Waals surface area (Å²) in [5.41, 5.74) is 0.0577. The van der Waals surface area contributed by atoms with Crippen molar-refractivity contribution >= 4 is 5.97 Å². The molecule has 0 aliphatic heterocycles. The molecule has 0 aliphatic rings. The zero-order chi connectivity index (χ0) is 11.0. The van der Waals surface area contributed by atoms with E-state index < -0.39 is 0 Å². The van der Waals surface area contributed by atoms with E-state index in [1.54, 1.807) is 7.11 Å². The predicted octanol–water partition coefficient (Wildman–Crippen LogP) is 2.39. The molecule has 0 aliphatic carbocycles. The van der Waals surface area contributed by atoms with Crippen LogP contribution in [-0.2, 0) is 14.3 Å². The minimum Gasteiger partial charge on any atom is -0.465 e. The SMILES string of the molecule is COCCCCC(=O)OCC(C)(C)C. The van der Waals surface area contributed by atoms with E-state index in [4.69, 9.17) is 9.47 Å². The van der Waals surface area contributed by atoms with E-state index in [1.807, 2.05) is 20.8 Å². The Morgan fingerprint density at radius 1 is 1.21 bits per heavy atom. The molecular formula is C11H22O3. The molecule has 0 atom stereocenters. The lowest BCUT2D eigenvalue weighted by Gasteiger charge is -2.17. The van der Waals surface area contributed by atoms with Crippen LogP contribution >= 0.6 is 0 Å². The third-order valence-corrected chi connectivity index (χ3v) is 1.65. The summed E-state index contributed by atoms with van der Waals surface area (Å²) in [5, 5.41) is 0. The molecule has 0 radical (unpaired) electrons. The summed E-state index contributed by atoms with van der Waals surface area (Å²) in [6, 6.07) is 0. The van der Waals surface area contributed by atoms with Crippen LogP contribution in [0.2, 0.25) is 0 Å². The summed E-state index contributed by atoms with van der Waals surface area (Å²) in [6.45, 7) is 7.35. The first-order valence-electron chi connectivity index (χ1n) is 5.10. The zero-order valence-corrected chi connectivity index (χ0v) is 9.76. The molecule has 0 spiro atoms. The van der Waals surface area contributed by atoms with Crippen LogP contribution < -0.4 is 0 Å². The molecule has 0 heterocycles. The normalized spacial score (nSPS) is 11.4. The number of carbonyl (C=O) groups is 1. The summed E-state index contributed by atoms with van der Waals surface area (Å²) in [4.78, 5) is 11.2. The fraction of sp³-hybridized carbons (Fsp3) is 0.909. The lowest BCUT2D eigenvalue weighted by molar-refractivity contribution is -0.146. The van der Waals surface area contributed by atoms with Gasteiger partial charge in [-0.05, 0) is 18.3 Å². The number of carbonyl (C=O) groups excluding carboxylic acids is 1. The fourth-order valence-corrected chi connectivity index (χ4v) is 0.885. The maximum atomic E-state index is 11.2. The molecule has 0 aromatic rings. The molecular weight excluding hydrogens is 180 g/mol. The first-order chi connectivity index (χ1) is 6.45. The molecule has 0 N–H and O–H groups in total. The van der Waals surface area contributed by atoms with E-state index in [0.29, 0.717) is 19.6 Å². The van der Waals surface area contributed by atoms with Gasteiger partial charge in [0.05, 0.1) is 6.61 Å². The van der Waals surface area contributed by atoms with E-state index in [-0.39, 0.29) is 11.4 Å². The standard InChI is InChI=1S/C11H22O3/c1-11(2,3)9-14-10(12)7-5-6-8-13-4/h5-9H2,1-4H3. The van der Waals surface area contributed by atoms with Crippen LogP contribution in [0.5, 0.6) is 0 Å². The highest BCUT2D eigenvalue weighted by Crippen LogP contribution is 2.13. The summed E-state index contributed by atoms with van der Waals surface area (Å²) in [5.74, 6) is -0.101. The van der Waals surface area contributed by atoms with Crippen molar-refractivity contribution in [2.24, 2.45) is 5.41 Å². The van der Waals surface area contributed by atoms with Crippen LogP contribution in [0.15, 0.2) is 0 Å². The van der Waals surface area contributed by atoms with Gasteiger partial charge in [-0.2, -0.15) is 0 Å². The van der Waals surface area contributed by atoms with Crippen molar-refractivity contribution in [2.45, 2.75) is 40.0 Å². The number of ether oxygens (including phenoxy) is 2. The number of hydrogen-bond donors (Lipinski definition) is 0. The average Bonchev–Trinajstić information content (AvgIpc) is 2.08. The van der Waals surface area contributed by atoms with Crippen LogP contribution in [0, 0.1) is 5.41 Å². The largest absolute Gasteiger partial charge is 0.465 e. The van der Waals surface area contributed by atoms with Crippen molar-refractivity contribution in [1.29, 1.82) is 0 Å². The Labute approximate surface area is 86.8 Å². The van der Waals surface area contributed by atoms with Crippen molar-refractivity contribution in [3.63, 3.8) is 0 Å². The van der Waals surface area contributed by atoms with Crippen LogP contribution in [0.25, 0.3) is 0 Å². The monoisotopic (exact) mass is 202 g/mol. The van der Waals surface area contributed by atoms with E-state index in [1.165, 1.54) is 0 Å². The van der Waals surface area contributed by atoms with Crippen LogP contribution in [-0.4, -0.2) is 26.3 Å². The van der Waals surface area contributed by atoms with Gasteiger partial charge >= 0.3 is 5.97 Å². The molecule has 3 nitrogen and oxygen atoms in total. The Morgan fingerprint density at radius 2 is 1.86 bits per heavy atom. The highest BCUT2D eigenvalue weighted by atomic mass is 16.5. The molecule has 0 saturated carbocycles. The van der Waals surface area contributed by atoms with Gasteiger partial charge in [0.1, 0.15) is 0 Å². The third-order valence-electron chi connectivity index (χ3n) is 1.65. The van der Waals surface area contributed by atoms with Gasteiger partial charge in [0, 0.05) is 20.1 Å². The van der Waals surface area contributed by atoms with Gasteiger partial charge in [0.25, 0.3) is 0 Å². The van der Waals surface area contributed by atoms with Gasteiger partial charge in [-0.1, -0.05) is 20.8 Å². The molecule has 14 heavy (non-hydrogen) atoms. The topological polar surface area (TPSA) is 35.5 Å². The second-order valence-electron chi connectivity index (χ2n) is 4.67. The van der Waals surface area contributed by atoms with Crippen LogP contribution in [0.3, 0.4) is 0 Å². The molecule has 0 fully saturated rings. The average molecular weight is 202 g/mol. The lowest BCUT2D eigenvalue weighted by Crippen LogP contribution is -2.18. The first-order valence-corrected chi connectivity index (χ1v) is 5.10. The Balaban J connectivity index is 3.38. The molecule has 84 valence electrons.